The summed E-state index contributed by atoms with van der Waals surface area (Å²) in [5, 5.41) is 8.09. The maximum absolute atomic E-state index is 7.38. The van der Waals surface area contributed by atoms with Gasteiger partial charge in [0.1, 0.15) is 11.5 Å². The number of nitrogen functional groups attached to an aromatic ring is 1. The van der Waals surface area contributed by atoms with Crippen molar-refractivity contribution in [1.82, 2.24) is 9.88 Å². The summed E-state index contributed by atoms with van der Waals surface area (Å²) in [5.41, 5.74) is 7.20. The van der Waals surface area contributed by atoms with Gasteiger partial charge in [0.05, 0.1) is 0 Å². The van der Waals surface area contributed by atoms with Crippen LogP contribution < -0.4 is 5.73 Å². The molecule has 1 aromatic heterocycles. The summed E-state index contributed by atoms with van der Waals surface area (Å²) in [7, 11) is 0. The lowest BCUT2D eigenvalue weighted by molar-refractivity contribution is 0.278. The number of amidine groups is 1. The fourth-order valence-electron chi connectivity index (χ4n) is 2.01. The Balaban J connectivity index is 2.02. The molecular formula is C12H18N4S. The van der Waals surface area contributed by atoms with Crippen LogP contribution in [0.1, 0.15) is 18.2 Å². The normalized spacial score (nSPS) is 21.4. The fourth-order valence-corrected chi connectivity index (χ4v) is 3.09. The Morgan fingerprint density at radius 1 is 1.71 bits per heavy atom. The largest absolute Gasteiger partial charge is 0.382 e. The van der Waals surface area contributed by atoms with Crippen molar-refractivity contribution in [2.45, 2.75) is 18.7 Å². The molecule has 3 N–H and O–H groups in total. The van der Waals surface area contributed by atoms with Gasteiger partial charge in [-0.3, -0.25) is 15.3 Å². The molecule has 1 aliphatic rings. The second-order valence-electron chi connectivity index (χ2n) is 4.38. The predicted octanol–water partition coefficient (Wildman–Crippen LogP) is 1.30. The molecule has 1 unspecified atom stereocenters. The summed E-state index contributed by atoms with van der Waals surface area (Å²) in [6, 6.07) is 3.91. The van der Waals surface area contributed by atoms with Crippen molar-refractivity contribution in [3.05, 3.63) is 29.6 Å². The van der Waals surface area contributed by atoms with E-state index < -0.39 is 0 Å². The summed E-state index contributed by atoms with van der Waals surface area (Å²) in [5.74, 6) is 1.24. The van der Waals surface area contributed by atoms with Gasteiger partial charge < -0.3 is 5.73 Å². The minimum absolute atomic E-state index is 0.0365. The van der Waals surface area contributed by atoms with E-state index in [-0.39, 0.29) is 5.84 Å². The summed E-state index contributed by atoms with van der Waals surface area (Å²) < 4.78 is 0. The molecule has 2 rings (SSSR count). The Labute approximate surface area is 106 Å². The maximum atomic E-state index is 7.38. The molecule has 1 saturated heterocycles. The molecule has 4 nitrogen and oxygen atoms in total. The highest BCUT2D eigenvalue weighted by Crippen LogP contribution is 2.19. The second kappa shape index (κ2) is 5.51. The molecule has 1 fully saturated rings. The van der Waals surface area contributed by atoms with Crippen LogP contribution in [0.25, 0.3) is 0 Å². The molecule has 0 spiro atoms. The monoisotopic (exact) mass is 250 g/mol. The minimum atomic E-state index is 0.0365. The van der Waals surface area contributed by atoms with Gasteiger partial charge in [0.2, 0.25) is 0 Å². The quantitative estimate of drug-likeness (QED) is 0.627. The zero-order chi connectivity index (χ0) is 12.3. The maximum Gasteiger partial charge on any atom is 0.141 e. The Morgan fingerprint density at radius 3 is 3.24 bits per heavy atom. The van der Waals surface area contributed by atoms with E-state index in [1.165, 1.54) is 11.3 Å². The summed E-state index contributed by atoms with van der Waals surface area (Å²) >= 11 is 2.03. The van der Waals surface area contributed by atoms with E-state index in [1.807, 2.05) is 23.9 Å². The lowest BCUT2D eigenvalue weighted by Crippen LogP contribution is -2.36. The Bertz CT molecular complexity index is 407. The molecule has 0 aromatic carbocycles. The third-order valence-electron chi connectivity index (χ3n) is 2.83. The lowest BCUT2D eigenvalue weighted by Gasteiger charge is -2.30. The van der Waals surface area contributed by atoms with Gasteiger partial charge in [-0.15, -0.1) is 0 Å². The zero-order valence-electron chi connectivity index (χ0n) is 10.0. The minimum Gasteiger partial charge on any atom is -0.382 e. The van der Waals surface area contributed by atoms with E-state index in [2.05, 4.69) is 16.8 Å². The topological polar surface area (TPSA) is 66.0 Å². The molecule has 0 radical (unpaired) electrons. The van der Waals surface area contributed by atoms with Crippen molar-refractivity contribution >= 4 is 17.6 Å². The molecule has 1 atom stereocenters. The van der Waals surface area contributed by atoms with Crippen molar-refractivity contribution < 1.29 is 0 Å². The summed E-state index contributed by atoms with van der Waals surface area (Å²) in [6.07, 6.45) is 1.73. The highest BCUT2D eigenvalue weighted by atomic mass is 32.2. The highest BCUT2D eigenvalue weighted by molar-refractivity contribution is 7.99. The first-order valence-electron chi connectivity index (χ1n) is 5.78. The van der Waals surface area contributed by atoms with E-state index in [1.54, 1.807) is 6.20 Å². The molecule has 0 aliphatic carbocycles. The van der Waals surface area contributed by atoms with Crippen LogP contribution in [0.4, 0.5) is 0 Å². The van der Waals surface area contributed by atoms with E-state index in [9.17, 15) is 0 Å². The average molecular weight is 250 g/mol. The van der Waals surface area contributed by atoms with Gasteiger partial charge in [-0.2, -0.15) is 11.8 Å². The highest BCUT2D eigenvalue weighted by Gasteiger charge is 2.16. The number of pyridine rings is 1. The molecule has 1 aromatic rings. The zero-order valence-corrected chi connectivity index (χ0v) is 10.8. The summed E-state index contributed by atoms with van der Waals surface area (Å²) in [4.78, 5) is 6.52. The van der Waals surface area contributed by atoms with Crippen molar-refractivity contribution in [3.63, 3.8) is 0 Å². The van der Waals surface area contributed by atoms with Crippen molar-refractivity contribution in [2.75, 3.05) is 18.8 Å². The van der Waals surface area contributed by atoms with Gasteiger partial charge >= 0.3 is 0 Å². The van der Waals surface area contributed by atoms with Gasteiger partial charge in [-0.05, 0) is 17.7 Å². The van der Waals surface area contributed by atoms with Crippen LogP contribution in [0.2, 0.25) is 0 Å². The van der Waals surface area contributed by atoms with Gasteiger partial charge in [0.25, 0.3) is 0 Å². The standard InChI is InChI=1S/C12H18N4S/c1-9-7-16(4-5-17-9)8-10-2-3-15-11(6-10)12(13)14/h2-3,6,9H,4-5,7-8H2,1H3,(H3,13,14). The summed E-state index contributed by atoms with van der Waals surface area (Å²) in [6.45, 7) is 5.45. The smallest absolute Gasteiger partial charge is 0.141 e. The number of rotatable bonds is 3. The third kappa shape index (κ3) is 3.44. The van der Waals surface area contributed by atoms with E-state index >= 15 is 0 Å². The van der Waals surface area contributed by atoms with Crippen molar-refractivity contribution in [3.8, 4) is 0 Å². The number of nitrogens with two attached hydrogens (primary N) is 1. The average Bonchev–Trinajstić information content (AvgIpc) is 2.29. The van der Waals surface area contributed by atoms with E-state index in [0.717, 1.165) is 19.6 Å². The second-order valence-corrected chi connectivity index (χ2v) is 5.93. The van der Waals surface area contributed by atoms with Crippen LogP contribution >= 0.6 is 11.8 Å². The van der Waals surface area contributed by atoms with Gasteiger partial charge in [-0.25, -0.2) is 0 Å². The number of thioether (sulfide) groups is 1. The third-order valence-corrected chi connectivity index (χ3v) is 3.97. The van der Waals surface area contributed by atoms with Crippen LogP contribution in [0.3, 0.4) is 0 Å². The molecule has 0 bridgehead atoms. The molecule has 0 saturated carbocycles. The number of aromatic nitrogens is 1. The fraction of sp³-hybridized carbons (Fsp3) is 0.500. The van der Waals surface area contributed by atoms with Crippen molar-refractivity contribution in [1.29, 1.82) is 5.41 Å². The van der Waals surface area contributed by atoms with Gasteiger partial charge in [0, 0.05) is 36.8 Å². The van der Waals surface area contributed by atoms with Gasteiger partial charge in [0.15, 0.2) is 0 Å². The Hall–Kier alpha value is -1.07. The number of hydrogen-bond donors (Lipinski definition) is 2. The van der Waals surface area contributed by atoms with Crippen molar-refractivity contribution in [2.24, 2.45) is 5.73 Å². The number of nitrogens with zero attached hydrogens (tertiary/aromatic N) is 2. The van der Waals surface area contributed by atoms with Crippen LogP contribution in [-0.2, 0) is 6.54 Å². The van der Waals surface area contributed by atoms with Crippen LogP contribution in [-0.4, -0.2) is 39.8 Å². The molecule has 5 heteroatoms. The first-order chi connectivity index (χ1) is 8.15. The molecule has 17 heavy (non-hydrogen) atoms. The van der Waals surface area contributed by atoms with Gasteiger partial charge in [-0.1, -0.05) is 6.92 Å². The van der Waals surface area contributed by atoms with Crippen LogP contribution in [0.15, 0.2) is 18.3 Å². The molecule has 1 aliphatic heterocycles. The molecule has 92 valence electrons. The molecule has 2 heterocycles. The SMILES string of the molecule is CC1CN(Cc2ccnc(C(=N)N)c2)CCS1. The molecule has 0 amide bonds. The first kappa shape index (κ1) is 12.4. The number of hydrogen-bond acceptors (Lipinski definition) is 4. The van der Waals surface area contributed by atoms with Crippen LogP contribution in [0.5, 0.6) is 0 Å². The van der Waals surface area contributed by atoms with Crippen LogP contribution in [0, 0.1) is 5.41 Å². The Kier molecular flexibility index (Phi) is 4.02. The Morgan fingerprint density at radius 2 is 2.53 bits per heavy atom. The van der Waals surface area contributed by atoms with E-state index in [4.69, 9.17) is 11.1 Å². The lowest BCUT2D eigenvalue weighted by atomic mass is 10.2. The van der Waals surface area contributed by atoms with E-state index in [0.29, 0.717) is 10.9 Å². The predicted molar refractivity (Wildman–Crippen MR) is 72.5 cm³/mol. The molecular weight excluding hydrogens is 232 g/mol. The number of nitrogens with one attached hydrogen (secondary N) is 1. The first-order valence-corrected chi connectivity index (χ1v) is 6.83.